The molecular formula is C19H22ClN3O3. The predicted octanol–water partition coefficient (Wildman–Crippen LogP) is 2.55. The third-order valence-electron chi connectivity index (χ3n) is 4.43. The number of hydrogen-bond donors (Lipinski definition) is 1. The summed E-state index contributed by atoms with van der Waals surface area (Å²) in [6, 6.07) is 11.2. The third kappa shape index (κ3) is 4.72. The molecule has 1 aliphatic rings. The van der Waals surface area contributed by atoms with Crippen LogP contribution in [0.1, 0.15) is 22.0 Å². The van der Waals surface area contributed by atoms with Gasteiger partial charge in [-0.15, -0.1) is 0 Å². The molecule has 0 spiro atoms. The number of nitrogens with zero attached hydrogens (tertiary/aromatic N) is 2. The summed E-state index contributed by atoms with van der Waals surface area (Å²) in [5.41, 5.74) is 1.63. The first-order valence-corrected chi connectivity index (χ1v) is 8.90. The Balaban J connectivity index is 1.73. The molecule has 26 heavy (non-hydrogen) atoms. The van der Waals surface area contributed by atoms with Gasteiger partial charge in [0.2, 0.25) is 0 Å². The molecule has 1 aromatic heterocycles. The summed E-state index contributed by atoms with van der Waals surface area (Å²) in [4.78, 5) is 18.7. The van der Waals surface area contributed by atoms with Crippen molar-refractivity contribution in [2.75, 3.05) is 40.0 Å². The lowest BCUT2D eigenvalue weighted by Gasteiger charge is -2.35. The number of pyridine rings is 1. The van der Waals surface area contributed by atoms with Crippen LogP contribution in [-0.4, -0.2) is 55.7 Å². The topological polar surface area (TPSA) is 63.7 Å². The SMILES string of the molecule is COc1ccc(C(CNC(=O)c2ccnc(Cl)c2)N2CCOCC2)cc1. The maximum Gasteiger partial charge on any atom is 0.251 e. The monoisotopic (exact) mass is 375 g/mol. The fourth-order valence-electron chi connectivity index (χ4n) is 3.01. The van der Waals surface area contributed by atoms with Crippen LogP contribution in [0.15, 0.2) is 42.6 Å². The van der Waals surface area contributed by atoms with E-state index in [9.17, 15) is 4.79 Å². The molecule has 2 aromatic rings. The summed E-state index contributed by atoms with van der Waals surface area (Å²) in [6.07, 6.45) is 1.53. The Kier molecular flexibility index (Phi) is 6.44. The highest BCUT2D eigenvalue weighted by molar-refractivity contribution is 6.29. The van der Waals surface area contributed by atoms with Crippen molar-refractivity contribution in [3.63, 3.8) is 0 Å². The minimum atomic E-state index is -0.166. The summed E-state index contributed by atoms with van der Waals surface area (Å²) in [5.74, 6) is 0.644. The number of amides is 1. The first-order chi connectivity index (χ1) is 12.7. The molecule has 1 aromatic carbocycles. The molecule has 6 nitrogen and oxygen atoms in total. The van der Waals surface area contributed by atoms with Crippen LogP contribution < -0.4 is 10.1 Å². The van der Waals surface area contributed by atoms with Crippen LogP contribution >= 0.6 is 11.6 Å². The zero-order valence-electron chi connectivity index (χ0n) is 14.7. The smallest absolute Gasteiger partial charge is 0.251 e. The van der Waals surface area contributed by atoms with Crippen molar-refractivity contribution in [1.82, 2.24) is 15.2 Å². The van der Waals surface area contributed by atoms with Gasteiger partial charge in [0.25, 0.3) is 5.91 Å². The Labute approximate surface area is 158 Å². The Morgan fingerprint density at radius 2 is 2.04 bits per heavy atom. The zero-order valence-corrected chi connectivity index (χ0v) is 15.4. The number of morpholine rings is 1. The van der Waals surface area contributed by atoms with E-state index in [2.05, 4.69) is 15.2 Å². The normalized spacial score (nSPS) is 16.1. The maximum atomic E-state index is 12.5. The fraction of sp³-hybridized carbons (Fsp3) is 0.368. The predicted molar refractivity (Wildman–Crippen MR) is 99.7 cm³/mol. The van der Waals surface area contributed by atoms with Gasteiger partial charge in [-0.1, -0.05) is 23.7 Å². The number of nitrogens with one attached hydrogen (secondary N) is 1. The van der Waals surface area contributed by atoms with Gasteiger partial charge in [0.05, 0.1) is 26.4 Å². The van der Waals surface area contributed by atoms with Crippen molar-refractivity contribution in [1.29, 1.82) is 0 Å². The minimum absolute atomic E-state index is 0.0612. The lowest BCUT2D eigenvalue weighted by Crippen LogP contribution is -2.43. The molecule has 3 rings (SSSR count). The van der Waals surface area contributed by atoms with Gasteiger partial charge in [-0.3, -0.25) is 9.69 Å². The second kappa shape index (κ2) is 8.98. The molecule has 0 bridgehead atoms. The molecule has 0 saturated carbocycles. The van der Waals surface area contributed by atoms with Gasteiger partial charge in [0.15, 0.2) is 0 Å². The van der Waals surface area contributed by atoms with Crippen LogP contribution in [0.2, 0.25) is 5.15 Å². The molecule has 2 heterocycles. The number of benzene rings is 1. The summed E-state index contributed by atoms with van der Waals surface area (Å²) < 4.78 is 10.7. The van der Waals surface area contributed by atoms with Gasteiger partial charge in [-0.2, -0.15) is 0 Å². The highest BCUT2D eigenvalue weighted by Crippen LogP contribution is 2.24. The van der Waals surface area contributed by atoms with Crippen LogP contribution in [0, 0.1) is 0 Å². The van der Waals surface area contributed by atoms with Crippen LogP contribution in [0.5, 0.6) is 5.75 Å². The molecule has 1 unspecified atom stereocenters. The molecule has 1 N–H and O–H groups in total. The van der Waals surface area contributed by atoms with Crippen molar-refractivity contribution < 1.29 is 14.3 Å². The Morgan fingerprint density at radius 1 is 1.31 bits per heavy atom. The van der Waals surface area contributed by atoms with E-state index in [1.807, 2.05) is 24.3 Å². The molecule has 138 valence electrons. The van der Waals surface area contributed by atoms with Crippen LogP contribution in [0.25, 0.3) is 0 Å². The number of halogens is 1. The third-order valence-corrected chi connectivity index (χ3v) is 4.64. The molecular weight excluding hydrogens is 354 g/mol. The van der Waals surface area contributed by atoms with Crippen molar-refractivity contribution in [2.45, 2.75) is 6.04 Å². The van der Waals surface area contributed by atoms with Gasteiger partial charge < -0.3 is 14.8 Å². The number of rotatable bonds is 6. The molecule has 0 aliphatic carbocycles. The Hall–Kier alpha value is -2.15. The summed E-state index contributed by atoms with van der Waals surface area (Å²) >= 11 is 5.87. The van der Waals surface area contributed by atoms with Gasteiger partial charge in [-0.05, 0) is 29.8 Å². The van der Waals surface area contributed by atoms with E-state index in [0.717, 1.165) is 24.4 Å². The van der Waals surface area contributed by atoms with E-state index < -0.39 is 0 Å². The van der Waals surface area contributed by atoms with Crippen molar-refractivity contribution in [3.05, 3.63) is 58.9 Å². The van der Waals surface area contributed by atoms with E-state index >= 15 is 0 Å². The molecule has 1 saturated heterocycles. The zero-order chi connectivity index (χ0) is 18.4. The Morgan fingerprint density at radius 3 is 2.69 bits per heavy atom. The number of methoxy groups -OCH3 is 1. The summed E-state index contributed by atoms with van der Waals surface area (Å²) in [7, 11) is 1.65. The van der Waals surface area contributed by atoms with Gasteiger partial charge in [-0.25, -0.2) is 4.98 Å². The molecule has 1 fully saturated rings. The van der Waals surface area contributed by atoms with Gasteiger partial charge >= 0.3 is 0 Å². The van der Waals surface area contributed by atoms with Crippen molar-refractivity contribution >= 4 is 17.5 Å². The first-order valence-electron chi connectivity index (χ1n) is 8.53. The largest absolute Gasteiger partial charge is 0.497 e. The molecule has 7 heteroatoms. The minimum Gasteiger partial charge on any atom is -0.497 e. The number of ether oxygens (including phenoxy) is 2. The average molecular weight is 376 g/mol. The average Bonchev–Trinajstić information content (AvgIpc) is 2.69. The molecule has 1 aliphatic heterocycles. The van der Waals surface area contributed by atoms with Crippen LogP contribution in [0.3, 0.4) is 0 Å². The second-order valence-electron chi connectivity index (χ2n) is 6.01. The number of carbonyl (C=O) groups excluding carboxylic acids is 1. The first kappa shape index (κ1) is 18.6. The van der Waals surface area contributed by atoms with E-state index in [-0.39, 0.29) is 11.9 Å². The maximum absolute atomic E-state index is 12.5. The standard InChI is InChI=1S/C19H22ClN3O3/c1-25-16-4-2-14(3-5-16)17(23-8-10-26-11-9-23)13-22-19(24)15-6-7-21-18(20)12-15/h2-7,12,17H,8-11,13H2,1H3,(H,22,24). The Bertz CT molecular complexity index is 733. The van der Waals surface area contributed by atoms with E-state index in [4.69, 9.17) is 21.1 Å². The summed E-state index contributed by atoms with van der Waals surface area (Å²) in [6.45, 7) is 3.54. The highest BCUT2D eigenvalue weighted by Gasteiger charge is 2.23. The number of aromatic nitrogens is 1. The quantitative estimate of drug-likeness (QED) is 0.786. The number of hydrogen-bond acceptors (Lipinski definition) is 5. The van der Waals surface area contributed by atoms with E-state index in [1.54, 1.807) is 19.2 Å². The van der Waals surface area contributed by atoms with E-state index in [1.165, 1.54) is 6.20 Å². The van der Waals surface area contributed by atoms with Gasteiger partial charge in [0, 0.05) is 31.4 Å². The van der Waals surface area contributed by atoms with Crippen molar-refractivity contribution in [2.24, 2.45) is 0 Å². The molecule has 1 atom stereocenters. The van der Waals surface area contributed by atoms with Crippen LogP contribution in [0.4, 0.5) is 0 Å². The lowest BCUT2D eigenvalue weighted by atomic mass is 10.0. The number of carbonyl (C=O) groups is 1. The fourth-order valence-corrected chi connectivity index (χ4v) is 3.18. The van der Waals surface area contributed by atoms with Gasteiger partial charge in [0.1, 0.15) is 10.9 Å². The highest BCUT2D eigenvalue weighted by atomic mass is 35.5. The van der Waals surface area contributed by atoms with E-state index in [0.29, 0.717) is 30.5 Å². The molecule has 0 radical (unpaired) electrons. The van der Waals surface area contributed by atoms with Crippen molar-refractivity contribution in [3.8, 4) is 5.75 Å². The lowest BCUT2D eigenvalue weighted by molar-refractivity contribution is 0.0162. The van der Waals surface area contributed by atoms with Crippen LogP contribution in [-0.2, 0) is 4.74 Å². The molecule has 1 amide bonds. The second-order valence-corrected chi connectivity index (χ2v) is 6.40. The summed E-state index contributed by atoms with van der Waals surface area (Å²) in [5, 5.41) is 3.31.